The molecule has 1 aromatic carbocycles. The molecule has 7 nitrogen and oxygen atoms in total. The van der Waals surface area contributed by atoms with Gasteiger partial charge in [-0.05, 0) is 18.2 Å². The monoisotopic (exact) mass is 349 g/mol. The number of nitrogen functional groups attached to an aromatic ring is 1. The molecule has 0 spiro atoms. The zero-order chi connectivity index (χ0) is 17.5. The summed E-state index contributed by atoms with van der Waals surface area (Å²) in [6.45, 7) is 3.74. The lowest BCUT2D eigenvalue weighted by molar-refractivity contribution is -0.112. The highest BCUT2D eigenvalue weighted by Gasteiger charge is 2.17. The van der Waals surface area contributed by atoms with Gasteiger partial charge in [0.15, 0.2) is 0 Å². The third-order valence-corrected chi connectivity index (χ3v) is 4.09. The van der Waals surface area contributed by atoms with Crippen molar-refractivity contribution in [3.63, 3.8) is 0 Å². The van der Waals surface area contributed by atoms with Gasteiger partial charge < -0.3 is 21.1 Å². The van der Waals surface area contributed by atoms with E-state index in [1.54, 1.807) is 18.3 Å². The number of β-amino-alcohol motifs (C(OH)–C–C–N with tert-alkyl or cyclic N) is 1. The number of carbonyl (C=O) groups excluding carboxylic acids is 1. The summed E-state index contributed by atoms with van der Waals surface area (Å²) >= 11 is 5.92. The molecule has 0 saturated carbocycles. The molecular weight excluding hydrogens is 330 g/mol. The third kappa shape index (κ3) is 4.86. The number of nitriles is 1. The van der Waals surface area contributed by atoms with E-state index < -0.39 is 5.91 Å². The lowest BCUT2D eigenvalue weighted by Gasteiger charge is -2.33. The maximum atomic E-state index is 12.2. The first kappa shape index (κ1) is 18.1. The summed E-state index contributed by atoms with van der Waals surface area (Å²) in [7, 11) is 0. The SMILES string of the molecule is N#C/C(=C/N1CCN(CCO)CC1)C(=O)Nc1ccc(N)c(Cl)c1. The first-order chi connectivity index (χ1) is 11.5. The second kappa shape index (κ2) is 8.55. The number of rotatable bonds is 5. The molecule has 0 radical (unpaired) electrons. The van der Waals surface area contributed by atoms with Crippen molar-refractivity contribution in [3.8, 4) is 6.07 Å². The first-order valence-electron chi connectivity index (χ1n) is 7.59. The van der Waals surface area contributed by atoms with Gasteiger partial charge in [0.25, 0.3) is 5.91 Å². The molecule has 0 bridgehead atoms. The van der Waals surface area contributed by atoms with E-state index in [9.17, 15) is 10.1 Å². The molecule has 1 fully saturated rings. The molecule has 4 N–H and O–H groups in total. The number of nitrogens with one attached hydrogen (secondary N) is 1. The Morgan fingerprint density at radius 2 is 2.12 bits per heavy atom. The number of halogens is 1. The molecule has 128 valence electrons. The van der Waals surface area contributed by atoms with E-state index in [1.807, 2.05) is 11.0 Å². The maximum absolute atomic E-state index is 12.2. The molecule has 24 heavy (non-hydrogen) atoms. The van der Waals surface area contributed by atoms with Crippen LogP contribution in [0.4, 0.5) is 11.4 Å². The van der Waals surface area contributed by atoms with E-state index in [0.29, 0.717) is 36.0 Å². The van der Waals surface area contributed by atoms with Crippen molar-refractivity contribution in [2.24, 2.45) is 0 Å². The van der Waals surface area contributed by atoms with Gasteiger partial charge in [0.1, 0.15) is 11.6 Å². The van der Waals surface area contributed by atoms with Crippen molar-refractivity contribution in [1.82, 2.24) is 9.80 Å². The summed E-state index contributed by atoms with van der Waals surface area (Å²) in [5, 5.41) is 21.2. The summed E-state index contributed by atoms with van der Waals surface area (Å²) in [6.07, 6.45) is 1.57. The summed E-state index contributed by atoms with van der Waals surface area (Å²) in [4.78, 5) is 16.3. The van der Waals surface area contributed by atoms with Crippen LogP contribution in [0.15, 0.2) is 30.0 Å². The number of carbonyl (C=O) groups is 1. The molecule has 0 aliphatic carbocycles. The minimum atomic E-state index is -0.490. The number of piperazine rings is 1. The van der Waals surface area contributed by atoms with Crippen LogP contribution in [0.3, 0.4) is 0 Å². The molecule has 1 aliphatic rings. The van der Waals surface area contributed by atoms with Crippen LogP contribution in [-0.4, -0.2) is 60.1 Å². The van der Waals surface area contributed by atoms with Crippen molar-refractivity contribution in [3.05, 3.63) is 35.0 Å². The van der Waals surface area contributed by atoms with E-state index in [4.69, 9.17) is 22.4 Å². The van der Waals surface area contributed by atoms with Gasteiger partial charge >= 0.3 is 0 Å². The Hall–Kier alpha value is -2.27. The van der Waals surface area contributed by atoms with Crippen LogP contribution >= 0.6 is 11.6 Å². The van der Waals surface area contributed by atoms with Crippen molar-refractivity contribution in [1.29, 1.82) is 5.26 Å². The Morgan fingerprint density at radius 3 is 2.71 bits per heavy atom. The number of hydrogen-bond acceptors (Lipinski definition) is 6. The lowest BCUT2D eigenvalue weighted by atomic mass is 10.2. The molecule has 2 rings (SSSR count). The Morgan fingerprint density at radius 1 is 1.42 bits per heavy atom. The van der Waals surface area contributed by atoms with Crippen LogP contribution in [0.5, 0.6) is 0 Å². The largest absolute Gasteiger partial charge is 0.398 e. The summed E-state index contributed by atoms with van der Waals surface area (Å²) in [5.74, 6) is -0.490. The Kier molecular flexibility index (Phi) is 6.44. The maximum Gasteiger partial charge on any atom is 0.267 e. The summed E-state index contributed by atoms with van der Waals surface area (Å²) in [6, 6.07) is 6.69. The molecule has 1 aromatic rings. The molecule has 1 heterocycles. The van der Waals surface area contributed by atoms with E-state index in [2.05, 4.69) is 10.2 Å². The number of amides is 1. The topological polar surface area (TPSA) is 106 Å². The van der Waals surface area contributed by atoms with E-state index in [1.165, 1.54) is 6.07 Å². The quantitative estimate of drug-likeness (QED) is 0.414. The minimum Gasteiger partial charge on any atom is -0.398 e. The molecule has 1 saturated heterocycles. The number of hydrogen-bond donors (Lipinski definition) is 3. The second-order valence-electron chi connectivity index (χ2n) is 5.45. The highest BCUT2D eigenvalue weighted by molar-refractivity contribution is 6.33. The number of aliphatic hydroxyl groups is 1. The normalized spacial score (nSPS) is 15.9. The Balaban J connectivity index is 1.98. The van der Waals surface area contributed by atoms with Crippen molar-refractivity contribution in [2.75, 3.05) is 50.4 Å². The molecule has 8 heteroatoms. The van der Waals surface area contributed by atoms with Gasteiger partial charge in [0.2, 0.25) is 0 Å². The standard InChI is InChI=1S/C16H20ClN5O2/c17-14-9-13(1-2-15(14)19)20-16(24)12(10-18)11-22-5-3-21(4-6-22)7-8-23/h1-2,9,11,23H,3-8,19H2,(H,20,24)/b12-11-. The highest BCUT2D eigenvalue weighted by Crippen LogP contribution is 2.22. The van der Waals surface area contributed by atoms with Crippen molar-refractivity contribution in [2.45, 2.75) is 0 Å². The minimum absolute atomic E-state index is 0.0264. The molecule has 0 atom stereocenters. The molecule has 1 aliphatic heterocycles. The predicted molar refractivity (Wildman–Crippen MR) is 93.3 cm³/mol. The zero-order valence-corrected chi connectivity index (χ0v) is 14.0. The number of aliphatic hydroxyl groups excluding tert-OH is 1. The van der Waals surface area contributed by atoms with E-state index >= 15 is 0 Å². The van der Waals surface area contributed by atoms with Crippen LogP contribution in [-0.2, 0) is 4.79 Å². The van der Waals surface area contributed by atoms with Gasteiger partial charge in [0.05, 0.1) is 17.3 Å². The number of benzene rings is 1. The number of nitrogens with zero attached hydrogens (tertiary/aromatic N) is 3. The predicted octanol–water partition coefficient (Wildman–Crippen LogP) is 0.878. The van der Waals surface area contributed by atoms with Crippen molar-refractivity contribution < 1.29 is 9.90 Å². The van der Waals surface area contributed by atoms with E-state index in [0.717, 1.165) is 13.1 Å². The van der Waals surface area contributed by atoms with Crippen LogP contribution in [0.1, 0.15) is 0 Å². The fraction of sp³-hybridized carbons (Fsp3) is 0.375. The number of anilines is 2. The van der Waals surface area contributed by atoms with Crippen LogP contribution in [0, 0.1) is 11.3 Å². The van der Waals surface area contributed by atoms with Gasteiger partial charge in [-0.1, -0.05) is 11.6 Å². The highest BCUT2D eigenvalue weighted by atomic mass is 35.5. The van der Waals surface area contributed by atoms with Gasteiger partial charge in [-0.25, -0.2) is 0 Å². The molecule has 0 aromatic heterocycles. The molecule has 0 unspecified atom stereocenters. The number of nitrogens with two attached hydrogens (primary N) is 1. The van der Waals surface area contributed by atoms with Gasteiger partial charge in [0, 0.05) is 44.6 Å². The van der Waals surface area contributed by atoms with Crippen LogP contribution in [0.2, 0.25) is 5.02 Å². The van der Waals surface area contributed by atoms with E-state index in [-0.39, 0.29) is 12.2 Å². The fourth-order valence-corrected chi connectivity index (χ4v) is 2.56. The van der Waals surface area contributed by atoms with Gasteiger partial charge in [-0.3, -0.25) is 9.69 Å². The Bertz CT molecular complexity index is 663. The summed E-state index contributed by atoms with van der Waals surface area (Å²) < 4.78 is 0. The van der Waals surface area contributed by atoms with Crippen molar-refractivity contribution >= 4 is 28.9 Å². The first-order valence-corrected chi connectivity index (χ1v) is 7.97. The molecular formula is C16H20ClN5O2. The lowest BCUT2D eigenvalue weighted by Crippen LogP contribution is -2.45. The average Bonchev–Trinajstić information content (AvgIpc) is 2.57. The second-order valence-corrected chi connectivity index (χ2v) is 5.85. The van der Waals surface area contributed by atoms with Gasteiger partial charge in [-0.15, -0.1) is 0 Å². The van der Waals surface area contributed by atoms with Crippen LogP contribution in [0.25, 0.3) is 0 Å². The Labute approximate surface area is 145 Å². The van der Waals surface area contributed by atoms with Crippen LogP contribution < -0.4 is 11.1 Å². The summed E-state index contributed by atoms with van der Waals surface area (Å²) in [5.41, 5.74) is 6.56. The smallest absolute Gasteiger partial charge is 0.267 e. The fourth-order valence-electron chi connectivity index (χ4n) is 2.38. The van der Waals surface area contributed by atoms with Gasteiger partial charge in [-0.2, -0.15) is 5.26 Å². The zero-order valence-electron chi connectivity index (χ0n) is 13.2. The third-order valence-electron chi connectivity index (χ3n) is 3.76. The molecule has 1 amide bonds. The average molecular weight is 350 g/mol.